The third kappa shape index (κ3) is 2.17. The zero-order chi connectivity index (χ0) is 11.4. The Bertz CT molecular complexity index is 434. The van der Waals surface area contributed by atoms with Crippen LogP contribution in [0.5, 0.6) is 0 Å². The van der Waals surface area contributed by atoms with Crippen LogP contribution in [0.3, 0.4) is 0 Å². The van der Waals surface area contributed by atoms with Gasteiger partial charge >= 0.3 is 0 Å². The summed E-state index contributed by atoms with van der Waals surface area (Å²) in [6.07, 6.45) is 6.88. The van der Waals surface area contributed by atoms with E-state index >= 15 is 0 Å². The van der Waals surface area contributed by atoms with Gasteiger partial charge in [-0.25, -0.2) is 0 Å². The number of nitrogens with one attached hydrogen (secondary N) is 1. The average molecular weight is 214 g/mol. The molecule has 0 aliphatic carbocycles. The van der Waals surface area contributed by atoms with Gasteiger partial charge in [-0.2, -0.15) is 0 Å². The van der Waals surface area contributed by atoms with E-state index in [9.17, 15) is 4.79 Å². The number of fused-ring (bicyclic) bond motifs is 1. The maximum absolute atomic E-state index is 11.5. The molecule has 2 rings (SSSR count). The maximum Gasteiger partial charge on any atom is 0.243 e. The largest absolute Gasteiger partial charge is 0.360 e. The smallest absolute Gasteiger partial charge is 0.243 e. The van der Waals surface area contributed by atoms with Crippen molar-refractivity contribution in [3.8, 4) is 12.3 Å². The number of amides is 1. The SMILES string of the molecule is C#CCCCN1CC(=O)Nc2ccccc21. The van der Waals surface area contributed by atoms with Crippen LogP contribution in [0.4, 0.5) is 11.4 Å². The highest BCUT2D eigenvalue weighted by Crippen LogP contribution is 2.28. The lowest BCUT2D eigenvalue weighted by atomic mass is 10.1. The van der Waals surface area contributed by atoms with E-state index in [2.05, 4.69) is 16.1 Å². The van der Waals surface area contributed by atoms with Crippen LogP contribution in [0, 0.1) is 12.3 Å². The van der Waals surface area contributed by atoms with Crippen LogP contribution < -0.4 is 10.2 Å². The van der Waals surface area contributed by atoms with E-state index in [-0.39, 0.29) is 5.91 Å². The monoisotopic (exact) mass is 214 g/mol. The van der Waals surface area contributed by atoms with Crippen LogP contribution in [0.2, 0.25) is 0 Å². The van der Waals surface area contributed by atoms with Gasteiger partial charge in [0.1, 0.15) is 0 Å². The molecule has 1 aromatic carbocycles. The Kier molecular flexibility index (Phi) is 3.11. The molecule has 82 valence electrons. The number of para-hydroxylation sites is 2. The van der Waals surface area contributed by atoms with Gasteiger partial charge in [0.25, 0.3) is 0 Å². The number of hydrogen-bond acceptors (Lipinski definition) is 2. The predicted molar refractivity (Wildman–Crippen MR) is 65.4 cm³/mol. The van der Waals surface area contributed by atoms with Gasteiger partial charge in [0.2, 0.25) is 5.91 Å². The van der Waals surface area contributed by atoms with E-state index in [4.69, 9.17) is 6.42 Å². The molecule has 0 saturated heterocycles. The lowest BCUT2D eigenvalue weighted by molar-refractivity contribution is -0.115. The summed E-state index contributed by atoms with van der Waals surface area (Å²) in [4.78, 5) is 13.6. The van der Waals surface area contributed by atoms with Gasteiger partial charge < -0.3 is 10.2 Å². The highest BCUT2D eigenvalue weighted by Gasteiger charge is 2.20. The molecule has 0 spiro atoms. The third-order valence-electron chi connectivity index (χ3n) is 2.60. The quantitative estimate of drug-likeness (QED) is 0.615. The Balaban J connectivity index is 2.14. The Hall–Kier alpha value is -1.95. The number of terminal acetylenes is 1. The molecule has 1 heterocycles. The average Bonchev–Trinajstić information content (AvgIpc) is 2.29. The second-order valence-electron chi connectivity index (χ2n) is 3.79. The molecule has 3 nitrogen and oxygen atoms in total. The first-order valence-electron chi connectivity index (χ1n) is 5.38. The number of unbranched alkanes of at least 4 members (excludes halogenated alkanes) is 1. The number of carbonyl (C=O) groups is 1. The van der Waals surface area contributed by atoms with Crippen molar-refractivity contribution in [2.45, 2.75) is 12.8 Å². The predicted octanol–water partition coefficient (Wildman–Crippen LogP) is 1.86. The van der Waals surface area contributed by atoms with Crippen molar-refractivity contribution in [3.63, 3.8) is 0 Å². The van der Waals surface area contributed by atoms with E-state index in [0.29, 0.717) is 6.54 Å². The van der Waals surface area contributed by atoms with Crippen LogP contribution >= 0.6 is 0 Å². The zero-order valence-electron chi connectivity index (χ0n) is 9.07. The minimum absolute atomic E-state index is 0.0411. The molecule has 1 amide bonds. The summed E-state index contributed by atoms with van der Waals surface area (Å²) < 4.78 is 0. The molecule has 16 heavy (non-hydrogen) atoms. The Morgan fingerprint density at radius 1 is 1.44 bits per heavy atom. The van der Waals surface area contributed by atoms with Gasteiger partial charge in [-0.3, -0.25) is 4.79 Å². The molecule has 0 fully saturated rings. The molecule has 0 unspecified atom stereocenters. The van der Waals surface area contributed by atoms with Crippen molar-refractivity contribution >= 4 is 17.3 Å². The molecular formula is C13H14N2O. The van der Waals surface area contributed by atoms with Crippen LogP contribution in [-0.4, -0.2) is 19.0 Å². The van der Waals surface area contributed by atoms with Gasteiger partial charge in [0, 0.05) is 13.0 Å². The Morgan fingerprint density at radius 2 is 2.25 bits per heavy atom. The van der Waals surface area contributed by atoms with Crippen LogP contribution in [0.1, 0.15) is 12.8 Å². The number of carbonyl (C=O) groups excluding carboxylic acids is 1. The maximum atomic E-state index is 11.5. The highest BCUT2D eigenvalue weighted by molar-refractivity contribution is 6.01. The van der Waals surface area contributed by atoms with Crippen LogP contribution in [0.15, 0.2) is 24.3 Å². The van der Waals surface area contributed by atoms with Crippen LogP contribution in [0.25, 0.3) is 0 Å². The number of anilines is 2. The summed E-state index contributed by atoms with van der Waals surface area (Å²) >= 11 is 0. The fourth-order valence-electron chi connectivity index (χ4n) is 1.87. The minimum Gasteiger partial charge on any atom is -0.360 e. The van der Waals surface area contributed by atoms with E-state index in [1.165, 1.54) is 0 Å². The summed E-state index contributed by atoms with van der Waals surface area (Å²) in [6, 6.07) is 7.83. The number of rotatable bonds is 3. The molecule has 1 aliphatic rings. The third-order valence-corrected chi connectivity index (χ3v) is 2.60. The fourth-order valence-corrected chi connectivity index (χ4v) is 1.87. The van der Waals surface area contributed by atoms with Gasteiger partial charge in [0.05, 0.1) is 17.9 Å². The summed E-state index contributed by atoms with van der Waals surface area (Å²) in [5, 5.41) is 2.86. The van der Waals surface area contributed by atoms with Crippen molar-refractivity contribution in [2.75, 3.05) is 23.3 Å². The Morgan fingerprint density at radius 3 is 3.06 bits per heavy atom. The van der Waals surface area contributed by atoms with Gasteiger partial charge in [-0.1, -0.05) is 12.1 Å². The first-order valence-corrected chi connectivity index (χ1v) is 5.38. The topological polar surface area (TPSA) is 32.3 Å². The zero-order valence-corrected chi connectivity index (χ0v) is 9.07. The van der Waals surface area contributed by atoms with E-state index < -0.39 is 0 Å². The lowest BCUT2D eigenvalue weighted by Gasteiger charge is -2.30. The highest BCUT2D eigenvalue weighted by atomic mass is 16.2. The molecule has 0 radical (unpaired) electrons. The molecule has 3 heteroatoms. The van der Waals surface area contributed by atoms with E-state index in [0.717, 1.165) is 30.8 Å². The second-order valence-corrected chi connectivity index (χ2v) is 3.79. The molecule has 1 aliphatic heterocycles. The first-order chi connectivity index (χ1) is 7.81. The van der Waals surface area contributed by atoms with Gasteiger partial charge in [-0.15, -0.1) is 12.3 Å². The van der Waals surface area contributed by atoms with Gasteiger partial charge in [-0.05, 0) is 18.6 Å². The number of hydrogen-bond donors (Lipinski definition) is 1. The van der Waals surface area contributed by atoms with E-state index in [1.54, 1.807) is 0 Å². The van der Waals surface area contributed by atoms with Crippen molar-refractivity contribution in [1.29, 1.82) is 0 Å². The van der Waals surface area contributed by atoms with Crippen molar-refractivity contribution in [1.82, 2.24) is 0 Å². The normalized spacial score (nSPS) is 13.9. The first kappa shape index (κ1) is 10.6. The number of nitrogens with zero attached hydrogens (tertiary/aromatic N) is 1. The summed E-state index contributed by atoms with van der Waals surface area (Å²) in [7, 11) is 0. The fraction of sp³-hybridized carbons (Fsp3) is 0.308. The van der Waals surface area contributed by atoms with Crippen molar-refractivity contribution in [3.05, 3.63) is 24.3 Å². The van der Waals surface area contributed by atoms with Crippen molar-refractivity contribution in [2.24, 2.45) is 0 Å². The van der Waals surface area contributed by atoms with Crippen LogP contribution in [-0.2, 0) is 4.79 Å². The number of benzene rings is 1. The molecule has 1 N–H and O–H groups in total. The molecule has 0 bridgehead atoms. The molecule has 1 aromatic rings. The van der Waals surface area contributed by atoms with E-state index in [1.807, 2.05) is 24.3 Å². The molecule has 0 saturated carbocycles. The summed E-state index contributed by atoms with van der Waals surface area (Å²) in [5.41, 5.74) is 1.97. The summed E-state index contributed by atoms with van der Waals surface area (Å²) in [5.74, 6) is 2.66. The molecule has 0 aromatic heterocycles. The molecule has 0 atom stereocenters. The molecular weight excluding hydrogens is 200 g/mol. The van der Waals surface area contributed by atoms with Crippen molar-refractivity contribution < 1.29 is 4.79 Å². The second kappa shape index (κ2) is 4.71. The Labute approximate surface area is 95.5 Å². The minimum atomic E-state index is 0.0411. The van der Waals surface area contributed by atoms with Gasteiger partial charge in [0.15, 0.2) is 0 Å². The summed E-state index contributed by atoms with van der Waals surface area (Å²) in [6.45, 7) is 1.25. The standard InChI is InChI=1S/C13H14N2O/c1-2-3-6-9-15-10-13(16)14-11-7-4-5-8-12(11)15/h1,4-5,7-8H,3,6,9-10H2,(H,14,16). The lowest BCUT2D eigenvalue weighted by Crippen LogP contribution is -2.38.